The molecular weight excluding hydrogens is 266 g/mol. The normalized spacial score (nSPS) is 21.4. The van der Waals surface area contributed by atoms with E-state index in [0.717, 1.165) is 6.42 Å². The number of hydrogen-bond acceptors (Lipinski definition) is 2. The molecule has 0 saturated heterocycles. The van der Waals surface area contributed by atoms with Crippen LogP contribution in [-0.2, 0) is 4.79 Å². The first-order valence-electron chi connectivity index (χ1n) is 7.50. The fraction of sp³-hybridized carbons (Fsp3) is 0.500. The van der Waals surface area contributed by atoms with E-state index in [-0.39, 0.29) is 18.0 Å². The quantitative estimate of drug-likeness (QED) is 0.798. The second-order valence-electron chi connectivity index (χ2n) is 5.73. The minimum absolute atomic E-state index is 0.132. The van der Waals surface area contributed by atoms with Crippen molar-refractivity contribution >= 4 is 23.3 Å². The lowest BCUT2D eigenvalue weighted by atomic mass is 9.86. The highest BCUT2D eigenvalue weighted by atomic mass is 16.2. The van der Waals surface area contributed by atoms with E-state index in [9.17, 15) is 9.59 Å². The highest BCUT2D eigenvalue weighted by molar-refractivity contribution is 5.92. The average Bonchev–Trinajstić information content (AvgIpc) is 2.41. The summed E-state index contributed by atoms with van der Waals surface area (Å²) in [6, 6.07) is 7.18. The van der Waals surface area contributed by atoms with E-state index in [1.54, 1.807) is 24.3 Å². The van der Waals surface area contributed by atoms with Crippen molar-refractivity contribution in [3.05, 3.63) is 24.3 Å². The van der Waals surface area contributed by atoms with Crippen LogP contribution in [0.3, 0.4) is 0 Å². The molecule has 1 aliphatic rings. The van der Waals surface area contributed by atoms with Crippen molar-refractivity contribution in [2.24, 2.45) is 5.92 Å². The predicted molar refractivity (Wildman–Crippen MR) is 84.3 cm³/mol. The van der Waals surface area contributed by atoms with Gasteiger partial charge in [0.25, 0.3) is 0 Å². The lowest BCUT2D eigenvalue weighted by molar-refractivity contribution is -0.114. The second-order valence-corrected chi connectivity index (χ2v) is 5.73. The van der Waals surface area contributed by atoms with Crippen molar-refractivity contribution in [3.8, 4) is 0 Å². The summed E-state index contributed by atoms with van der Waals surface area (Å²) < 4.78 is 0. The van der Waals surface area contributed by atoms with Gasteiger partial charge in [0.15, 0.2) is 0 Å². The second kappa shape index (κ2) is 7.11. The summed E-state index contributed by atoms with van der Waals surface area (Å²) >= 11 is 0. The Bertz CT molecular complexity index is 516. The Morgan fingerprint density at radius 3 is 2.43 bits per heavy atom. The van der Waals surface area contributed by atoms with Gasteiger partial charge in [-0.2, -0.15) is 0 Å². The standard InChI is InChI=1S/C16H23N3O2/c1-11-6-3-4-9-15(11)19-16(21)18-14-8-5-7-13(10-14)17-12(2)20/h5,7-8,10-11,15H,3-4,6,9H2,1-2H3,(H,17,20)(H2,18,19,21)/t11-,15+/m0/s1. The third kappa shape index (κ3) is 4.77. The summed E-state index contributed by atoms with van der Waals surface area (Å²) in [5, 5.41) is 8.56. The van der Waals surface area contributed by atoms with Crippen LogP contribution in [0, 0.1) is 5.92 Å². The molecule has 114 valence electrons. The van der Waals surface area contributed by atoms with Gasteiger partial charge in [0, 0.05) is 24.3 Å². The molecule has 0 bridgehead atoms. The Morgan fingerprint density at radius 2 is 1.76 bits per heavy atom. The molecular formula is C16H23N3O2. The molecule has 5 heteroatoms. The minimum atomic E-state index is -0.186. The zero-order chi connectivity index (χ0) is 15.2. The Kier molecular flexibility index (Phi) is 5.20. The number of rotatable bonds is 3. The van der Waals surface area contributed by atoms with E-state index in [1.807, 2.05) is 0 Å². The van der Waals surface area contributed by atoms with Crippen LogP contribution in [0.15, 0.2) is 24.3 Å². The minimum Gasteiger partial charge on any atom is -0.335 e. The average molecular weight is 289 g/mol. The van der Waals surface area contributed by atoms with Gasteiger partial charge in [-0.15, -0.1) is 0 Å². The summed E-state index contributed by atoms with van der Waals surface area (Å²) in [6.07, 6.45) is 4.64. The number of amides is 3. The molecule has 21 heavy (non-hydrogen) atoms. The maximum absolute atomic E-state index is 12.1. The number of carbonyl (C=O) groups excluding carboxylic acids is 2. The molecule has 2 rings (SSSR count). The van der Waals surface area contributed by atoms with E-state index in [4.69, 9.17) is 0 Å². The number of carbonyl (C=O) groups is 2. The molecule has 1 fully saturated rings. The van der Waals surface area contributed by atoms with Gasteiger partial charge >= 0.3 is 6.03 Å². The maximum atomic E-state index is 12.1. The van der Waals surface area contributed by atoms with Gasteiger partial charge in [-0.05, 0) is 37.0 Å². The van der Waals surface area contributed by atoms with Crippen molar-refractivity contribution in [1.29, 1.82) is 0 Å². The molecule has 5 nitrogen and oxygen atoms in total. The topological polar surface area (TPSA) is 70.2 Å². The van der Waals surface area contributed by atoms with Crippen LogP contribution in [0.25, 0.3) is 0 Å². The molecule has 0 aliphatic heterocycles. The van der Waals surface area contributed by atoms with Crippen molar-refractivity contribution < 1.29 is 9.59 Å². The molecule has 0 heterocycles. The van der Waals surface area contributed by atoms with Crippen LogP contribution < -0.4 is 16.0 Å². The summed E-state index contributed by atoms with van der Waals surface area (Å²) in [6.45, 7) is 3.64. The zero-order valence-electron chi connectivity index (χ0n) is 12.6. The fourth-order valence-electron chi connectivity index (χ4n) is 2.74. The molecule has 0 radical (unpaired) electrons. The van der Waals surface area contributed by atoms with E-state index in [0.29, 0.717) is 17.3 Å². The van der Waals surface area contributed by atoms with Crippen molar-refractivity contribution in [1.82, 2.24) is 5.32 Å². The molecule has 3 amide bonds. The van der Waals surface area contributed by atoms with Crippen molar-refractivity contribution in [2.75, 3.05) is 10.6 Å². The van der Waals surface area contributed by atoms with Crippen LogP contribution in [0.4, 0.5) is 16.2 Å². The van der Waals surface area contributed by atoms with Gasteiger partial charge in [-0.3, -0.25) is 4.79 Å². The molecule has 2 atom stereocenters. The molecule has 1 aromatic rings. The SMILES string of the molecule is CC(=O)Nc1cccc(NC(=O)N[C@@H]2CCCC[C@@H]2C)c1. The lowest BCUT2D eigenvalue weighted by Gasteiger charge is -2.29. The summed E-state index contributed by atoms with van der Waals surface area (Å²) in [4.78, 5) is 23.1. The van der Waals surface area contributed by atoms with Gasteiger partial charge < -0.3 is 16.0 Å². The van der Waals surface area contributed by atoms with Gasteiger partial charge in [-0.1, -0.05) is 25.8 Å². The van der Waals surface area contributed by atoms with Crippen LogP contribution in [0.1, 0.15) is 39.5 Å². The largest absolute Gasteiger partial charge is 0.335 e. The lowest BCUT2D eigenvalue weighted by Crippen LogP contribution is -2.43. The molecule has 3 N–H and O–H groups in total. The number of anilines is 2. The summed E-state index contributed by atoms with van der Waals surface area (Å²) in [5.74, 6) is 0.392. The number of nitrogens with one attached hydrogen (secondary N) is 3. The van der Waals surface area contributed by atoms with Crippen LogP contribution in [-0.4, -0.2) is 18.0 Å². The van der Waals surface area contributed by atoms with Crippen molar-refractivity contribution in [2.45, 2.75) is 45.6 Å². The third-order valence-corrected chi connectivity index (χ3v) is 3.87. The Hall–Kier alpha value is -2.04. The van der Waals surface area contributed by atoms with E-state index >= 15 is 0 Å². The van der Waals surface area contributed by atoms with E-state index < -0.39 is 0 Å². The summed E-state index contributed by atoms with van der Waals surface area (Å²) in [5.41, 5.74) is 1.34. The van der Waals surface area contributed by atoms with Gasteiger partial charge in [0.1, 0.15) is 0 Å². The maximum Gasteiger partial charge on any atom is 0.319 e. The first-order chi connectivity index (χ1) is 10.0. The van der Waals surface area contributed by atoms with Crippen molar-refractivity contribution in [3.63, 3.8) is 0 Å². The third-order valence-electron chi connectivity index (χ3n) is 3.87. The van der Waals surface area contributed by atoms with Gasteiger partial charge in [0.2, 0.25) is 5.91 Å². The highest BCUT2D eigenvalue weighted by Gasteiger charge is 2.22. The monoisotopic (exact) mass is 289 g/mol. The number of benzene rings is 1. The smallest absolute Gasteiger partial charge is 0.319 e. The molecule has 0 aromatic heterocycles. The first kappa shape index (κ1) is 15.4. The molecule has 1 aliphatic carbocycles. The van der Waals surface area contributed by atoms with E-state index in [2.05, 4.69) is 22.9 Å². The molecule has 1 saturated carbocycles. The molecule has 0 spiro atoms. The Balaban J connectivity index is 1.91. The van der Waals surface area contributed by atoms with E-state index in [1.165, 1.54) is 26.2 Å². The predicted octanol–water partition coefficient (Wildman–Crippen LogP) is 3.35. The molecule has 0 unspecified atom stereocenters. The van der Waals surface area contributed by atoms with Gasteiger partial charge in [-0.25, -0.2) is 4.79 Å². The van der Waals surface area contributed by atoms with Crippen LogP contribution >= 0.6 is 0 Å². The Morgan fingerprint density at radius 1 is 1.10 bits per heavy atom. The number of hydrogen-bond donors (Lipinski definition) is 3. The molecule has 1 aromatic carbocycles. The van der Waals surface area contributed by atoms with Crippen LogP contribution in [0.2, 0.25) is 0 Å². The number of urea groups is 1. The first-order valence-corrected chi connectivity index (χ1v) is 7.50. The highest BCUT2D eigenvalue weighted by Crippen LogP contribution is 2.24. The van der Waals surface area contributed by atoms with Crippen LogP contribution in [0.5, 0.6) is 0 Å². The Labute approximate surface area is 125 Å². The fourth-order valence-corrected chi connectivity index (χ4v) is 2.74. The van der Waals surface area contributed by atoms with Gasteiger partial charge in [0.05, 0.1) is 0 Å². The summed E-state index contributed by atoms with van der Waals surface area (Å²) in [7, 11) is 0. The zero-order valence-corrected chi connectivity index (χ0v) is 12.6.